The lowest BCUT2D eigenvalue weighted by molar-refractivity contribution is 0.310. The van der Waals surface area contributed by atoms with E-state index < -0.39 is 0 Å². The van der Waals surface area contributed by atoms with Crippen molar-refractivity contribution < 1.29 is 0 Å². The molecular weight excluding hydrogens is 230 g/mol. The van der Waals surface area contributed by atoms with Gasteiger partial charge in [-0.2, -0.15) is 5.84 Å². The van der Waals surface area contributed by atoms with Crippen molar-refractivity contribution in [1.29, 1.82) is 0 Å². The molecule has 0 bridgehead atoms. The van der Waals surface area contributed by atoms with Gasteiger partial charge in [0.25, 0.3) is 0 Å². The fraction of sp³-hybridized carbons (Fsp3) is 0.444. The minimum absolute atomic E-state index is 0.437. The Bertz CT molecular complexity index is 284. The van der Waals surface area contributed by atoms with Gasteiger partial charge in [0.05, 0.1) is 19.3 Å². The summed E-state index contributed by atoms with van der Waals surface area (Å²) in [6.45, 7) is 5.89. The van der Waals surface area contributed by atoms with E-state index in [0.29, 0.717) is 4.59 Å². The summed E-state index contributed by atoms with van der Waals surface area (Å²) in [5.74, 6) is 6.16. The fourth-order valence-electron chi connectivity index (χ4n) is 1.23. The highest BCUT2D eigenvalue weighted by atomic mass is 79.9. The van der Waals surface area contributed by atoms with Crippen LogP contribution < -0.4 is 10.4 Å². The first-order valence-corrected chi connectivity index (χ1v) is 5.18. The lowest BCUT2D eigenvalue weighted by Crippen LogP contribution is -2.55. The number of halogens is 1. The van der Waals surface area contributed by atoms with Crippen LogP contribution in [0.25, 0.3) is 0 Å². The Hall–Kier alpha value is -0.450. The summed E-state index contributed by atoms with van der Waals surface area (Å²) in [7, 11) is 0. The Morgan fingerprint density at radius 2 is 2.00 bits per heavy atom. The van der Waals surface area contributed by atoms with Gasteiger partial charge in [0.15, 0.2) is 5.69 Å². The van der Waals surface area contributed by atoms with E-state index in [1.807, 2.05) is 12.3 Å². The van der Waals surface area contributed by atoms with E-state index in [1.54, 1.807) is 6.20 Å². The van der Waals surface area contributed by atoms with Crippen molar-refractivity contribution >= 4 is 21.6 Å². The molecule has 72 valence electrons. The highest BCUT2D eigenvalue weighted by Gasteiger charge is 2.22. The number of aromatic nitrogens is 1. The van der Waals surface area contributed by atoms with Crippen LogP contribution in [-0.4, -0.2) is 18.1 Å². The number of nitrogens with zero attached hydrogens (tertiary/aromatic N) is 2. The van der Waals surface area contributed by atoms with E-state index in [2.05, 4.69) is 34.8 Å². The van der Waals surface area contributed by atoms with Gasteiger partial charge in [-0.3, -0.25) is 4.98 Å². The summed E-state index contributed by atoms with van der Waals surface area (Å²) in [4.78, 5) is 4.10. The van der Waals surface area contributed by atoms with Crippen molar-refractivity contribution in [2.45, 2.75) is 13.8 Å². The van der Waals surface area contributed by atoms with Gasteiger partial charge in [-0.15, -0.1) is 0 Å². The van der Waals surface area contributed by atoms with Gasteiger partial charge in [-0.05, 0) is 29.8 Å². The maximum Gasteiger partial charge on any atom is 0.171 e. The number of hydrogen-bond acceptors (Lipinski definition) is 2. The van der Waals surface area contributed by atoms with E-state index in [0.717, 1.165) is 23.2 Å². The molecule has 13 heavy (non-hydrogen) atoms. The SMILES string of the molecule is CC[N+](N)(CC)c1cncc(Br)c1. The molecule has 0 aliphatic heterocycles. The molecule has 2 N–H and O–H groups in total. The van der Waals surface area contributed by atoms with Gasteiger partial charge in [0.1, 0.15) is 0 Å². The van der Waals surface area contributed by atoms with E-state index in [9.17, 15) is 0 Å². The molecule has 1 heterocycles. The Morgan fingerprint density at radius 1 is 1.38 bits per heavy atom. The van der Waals surface area contributed by atoms with Gasteiger partial charge in [-0.25, -0.2) is 4.59 Å². The zero-order chi connectivity index (χ0) is 9.90. The topological polar surface area (TPSA) is 38.9 Å². The second-order valence-electron chi connectivity index (χ2n) is 3.03. The molecule has 4 heteroatoms. The molecule has 0 aromatic carbocycles. The minimum Gasteiger partial charge on any atom is -0.257 e. The molecule has 0 radical (unpaired) electrons. The first-order valence-electron chi connectivity index (χ1n) is 4.39. The zero-order valence-electron chi connectivity index (χ0n) is 8.00. The average molecular weight is 245 g/mol. The van der Waals surface area contributed by atoms with E-state index in [1.165, 1.54) is 0 Å². The monoisotopic (exact) mass is 244 g/mol. The molecule has 1 aromatic heterocycles. The summed E-state index contributed by atoms with van der Waals surface area (Å²) >= 11 is 3.38. The van der Waals surface area contributed by atoms with Gasteiger partial charge >= 0.3 is 0 Å². The number of quaternary nitrogens is 1. The molecule has 0 aliphatic rings. The van der Waals surface area contributed by atoms with Crippen molar-refractivity contribution in [3.05, 3.63) is 22.9 Å². The Balaban J connectivity index is 3.05. The third-order valence-corrected chi connectivity index (χ3v) is 2.77. The van der Waals surface area contributed by atoms with Crippen molar-refractivity contribution in [3.63, 3.8) is 0 Å². The highest BCUT2D eigenvalue weighted by Crippen LogP contribution is 2.20. The van der Waals surface area contributed by atoms with Crippen molar-refractivity contribution in [2.24, 2.45) is 5.84 Å². The van der Waals surface area contributed by atoms with Crippen LogP contribution in [0.1, 0.15) is 13.8 Å². The van der Waals surface area contributed by atoms with Crippen molar-refractivity contribution in [2.75, 3.05) is 13.1 Å². The number of nitrogens with two attached hydrogens (primary N) is 1. The number of hydrogen-bond donors (Lipinski definition) is 1. The van der Waals surface area contributed by atoms with Crippen LogP contribution >= 0.6 is 15.9 Å². The summed E-state index contributed by atoms with van der Waals surface area (Å²) in [5, 5.41) is 0. The molecular formula is C9H15BrN3+. The molecule has 0 fully saturated rings. The molecule has 0 saturated carbocycles. The quantitative estimate of drug-likeness (QED) is 0.503. The van der Waals surface area contributed by atoms with Crippen LogP contribution in [0.3, 0.4) is 0 Å². The smallest absolute Gasteiger partial charge is 0.171 e. The van der Waals surface area contributed by atoms with Gasteiger partial charge < -0.3 is 0 Å². The Morgan fingerprint density at radius 3 is 2.46 bits per heavy atom. The Kier molecular flexibility index (Phi) is 3.41. The average Bonchev–Trinajstić information content (AvgIpc) is 2.17. The second-order valence-corrected chi connectivity index (χ2v) is 3.94. The largest absolute Gasteiger partial charge is 0.257 e. The predicted molar refractivity (Wildman–Crippen MR) is 59.0 cm³/mol. The van der Waals surface area contributed by atoms with Crippen molar-refractivity contribution in [3.8, 4) is 0 Å². The van der Waals surface area contributed by atoms with Crippen LogP contribution in [0.4, 0.5) is 5.69 Å². The zero-order valence-corrected chi connectivity index (χ0v) is 9.58. The lowest BCUT2D eigenvalue weighted by atomic mass is 10.3. The van der Waals surface area contributed by atoms with E-state index >= 15 is 0 Å². The molecule has 0 aliphatic carbocycles. The van der Waals surface area contributed by atoms with Gasteiger partial charge in [0, 0.05) is 16.7 Å². The molecule has 0 amide bonds. The van der Waals surface area contributed by atoms with Crippen LogP contribution in [-0.2, 0) is 0 Å². The molecule has 0 spiro atoms. The van der Waals surface area contributed by atoms with E-state index in [4.69, 9.17) is 5.84 Å². The van der Waals surface area contributed by atoms with Crippen LogP contribution in [0, 0.1) is 0 Å². The standard InChI is InChI=1S/C9H15BrN3/c1-3-13(11,4-2)9-5-8(10)6-12-7-9/h5-7H,3-4,11H2,1-2H3/q+1. The van der Waals surface area contributed by atoms with E-state index in [-0.39, 0.29) is 0 Å². The third-order valence-electron chi connectivity index (χ3n) is 2.33. The molecule has 0 saturated heterocycles. The molecule has 1 rings (SSSR count). The van der Waals surface area contributed by atoms with Crippen LogP contribution in [0.5, 0.6) is 0 Å². The first kappa shape index (κ1) is 10.6. The van der Waals surface area contributed by atoms with Crippen LogP contribution in [0.15, 0.2) is 22.9 Å². The molecule has 0 atom stereocenters. The first-order chi connectivity index (χ1) is 6.12. The maximum absolute atomic E-state index is 6.16. The molecule has 1 aromatic rings. The lowest BCUT2D eigenvalue weighted by Gasteiger charge is -2.29. The van der Waals surface area contributed by atoms with Crippen molar-refractivity contribution in [1.82, 2.24) is 9.58 Å². The minimum atomic E-state index is 0.437. The molecule has 0 unspecified atom stereocenters. The predicted octanol–water partition coefficient (Wildman–Crippen LogP) is 2.06. The summed E-state index contributed by atoms with van der Waals surface area (Å²) in [6.07, 6.45) is 3.58. The van der Waals surface area contributed by atoms with Crippen LogP contribution in [0.2, 0.25) is 0 Å². The van der Waals surface area contributed by atoms with Gasteiger partial charge in [0.2, 0.25) is 0 Å². The molecule has 3 nitrogen and oxygen atoms in total. The summed E-state index contributed by atoms with van der Waals surface area (Å²) in [5.41, 5.74) is 1.04. The summed E-state index contributed by atoms with van der Waals surface area (Å²) < 4.78 is 1.41. The normalized spacial score (nSPS) is 11.7. The number of pyridine rings is 1. The summed E-state index contributed by atoms with van der Waals surface area (Å²) in [6, 6.07) is 2.01. The fourth-order valence-corrected chi connectivity index (χ4v) is 1.59. The Labute approximate surface area is 87.3 Å². The van der Waals surface area contributed by atoms with Gasteiger partial charge in [-0.1, -0.05) is 0 Å². The highest BCUT2D eigenvalue weighted by molar-refractivity contribution is 9.10. The number of rotatable bonds is 3. The second kappa shape index (κ2) is 4.17. The third kappa shape index (κ3) is 2.27. The maximum atomic E-state index is 6.16.